The van der Waals surface area contributed by atoms with Gasteiger partial charge in [0.2, 0.25) is 0 Å². The Morgan fingerprint density at radius 1 is 1.41 bits per heavy atom. The van der Waals surface area contributed by atoms with Crippen LogP contribution in [0.5, 0.6) is 5.75 Å². The summed E-state index contributed by atoms with van der Waals surface area (Å²) < 4.78 is 43.1. The molecule has 0 aliphatic rings. The lowest BCUT2D eigenvalue weighted by molar-refractivity contribution is -0.139. The van der Waals surface area contributed by atoms with Crippen LogP contribution in [0.3, 0.4) is 0 Å². The van der Waals surface area contributed by atoms with Crippen molar-refractivity contribution in [1.82, 2.24) is 0 Å². The second kappa shape index (κ2) is 5.08. The zero-order valence-corrected chi connectivity index (χ0v) is 10.8. The number of ether oxygens (including phenoxy) is 1. The Morgan fingerprint density at radius 3 is 2.41 bits per heavy atom. The Kier molecular flexibility index (Phi) is 4.19. The fourth-order valence-corrected chi connectivity index (χ4v) is 1.94. The molecule has 0 radical (unpaired) electrons. The van der Waals surface area contributed by atoms with Gasteiger partial charge in [0, 0.05) is 10.0 Å². The molecule has 1 aromatic carbocycles. The second-order valence-electron chi connectivity index (χ2n) is 3.32. The minimum absolute atomic E-state index is 0.0993. The monoisotopic (exact) mass is 310 g/mol. The number of benzene rings is 1. The molecule has 1 aromatic rings. The second-order valence-corrected chi connectivity index (χ2v) is 4.17. The number of halogens is 4. The van der Waals surface area contributed by atoms with Crippen LogP contribution in [0, 0.1) is 0 Å². The van der Waals surface area contributed by atoms with Crippen molar-refractivity contribution in [2.75, 3.05) is 6.61 Å². The zero-order valence-electron chi connectivity index (χ0n) is 9.19. The number of Topliss-reactive ketones (excluding diaryl/α,β-unsaturated/α-hetero) is 1. The van der Waals surface area contributed by atoms with E-state index in [9.17, 15) is 18.0 Å². The molecule has 0 aliphatic carbocycles. The van der Waals surface area contributed by atoms with E-state index in [0.29, 0.717) is 0 Å². The van der Waals surface area contributed by atoms with Crippen LogP contribution in [0.4, 0.5) is 13.2 Å². The van der Waals surface area contributed by atoms with Gasteiger partial charge in [-0.3, -0.25) is 4.79 Å². The fourth-order valence-electron chi connectivity index (χ4n) is 1.32. The number of rotatable bonds is 3. The maximum absolute atomic E-state index is 12.7. The lowest BCUT2D eigenvalue weighted by atomic mass is 10.1. The summed E-state index contributed by atoms with van der Waals surface area (Å²) in [5.74, 6) is -0.653. The van der Waals surface area contributed by atoms with Gasteiger partial charge in [-0.25, -0.2) is 0 Å². The number of ketones is 1. The molecule has 1 rings (SSSR count). The topological polar surface area (TPSA) is 26.3 Å². The molecule has 2 nitrogen and oxygen atoms in total. The molecule has 0 aromatic heterocycles. The first-order valence-corrected chi connectivity index (χ1v) is 5.61. The van der Waals surface area contributed by atoms with Gasteiger partial charge >= 0.3 is 6.18 Å². The van der Waals surface area contributed by atoms with Crippen molar-refractivity contribution in [1.29, 1.82) is 0 Å². The largest absolute Gasteiger partial charge is 0.493 e. The fraction of sp³-hybridized carbons (Fsp3) is 0.364. The van der Waals surface area contributed by atoms with E-state index in [1.807, 2.05) is 0 Å². The van der Waals surface area contributed by atoms with Gasteiger partial charge in [0.05, 0.1) is 12.2 Å². The molecule has 0 aliphatic heterocycles. The molecule has 0 saturated carbocycles. The van der Waals surface area contributed by atoms with E-state index in [4.69, 9.17) is 4.74 Å². The maximum atomic E-state index is 12.7. The van der Waals surface area contributed by atoms with Crippen LogP contribution in [0.1, 0.15) is 29.8 Å². The summed E-state index contributed by atoms with van der Waals surface area (Å²) in [5, 5.41) is 0. The third kappa shape index (κ3) is 3.21. The van der Waals surface area contributed by atoms with Crippen molar-refractivity contribution in [2.45, 2.75) is 20.0 Å². The van der Waals surface area contributed by atoms with E-state index in [-0.39, 0.29) is 28.2 Å². The summed E-state index contributed by atoms with van der Waals surface area (Å²) in [6.45, 7) is 2.96. The van der Waals surface area contributed by atoms with E-state index < -0.39 is 11.7 Å². The third-order valence-corrected chi connectivity index (χ3v) is 2.71. The molecule has 0 spiro atoms. The molecule has 0 N–H and O–H groups in total. The van der Waals surface area contributed by atoms with E-state index in [1.165, 1.54) is 6.92 Å². The average Bonchev–Trinajstić information content (AvgIpc) is 2.18. The predicted octanol–water partition coefficient (Wildman–Crippen LogP) is 4.07. The van der Waals surface area contributed by atoms with Crippen LogP contribution in [-0.2, 0) is 6.18 Å². The minimum atomic E-state index is -4.51. The van der Waals surface area contributed by atoms with E-state index >= 15 is 0 Å². The number of carbonyl (C=O) groups is 1. The first-order valence-electron chi connectivity index (χ1n) is 4.81. The highest BCUT2D eigenvalue weighted by Crippen LogP contribution is 2.39. The van der Waals surface area contributed by atoms with Crippen molar-refractivity contribution in [3.05, 3.63) is 27.7 Å². The molecule has 6 heteroatoms. The van der Waals surface area contributed by atoms with E-state index in [0.717, 1.165) is 12.1 Å². The lowest BCUT2D eigenvalue weighted by Crippen LogP contribution is -2.10. The zero-order chi connectivity index (χ0) is 13.2. The van der Waals surface area contributed by atoms with Crippen molar-refractivity contribution >= 4 is 21.7 Å². The molecular formula is C11H10BrF3O2. The third-order valence-electron chi connectivity index (χ3n) is 2.05. The average molecular weight is 311 g/mol. The quantitative estimate of drug-likeness (QED) is 0.787. The Balaban J connectivity index is 3.41. The van der Waals surface area contributed by atoms with Crippen molar-refractivity contribution in [3.63, 3.8) is 0 Å². The number of alkyl halides is 3. The van der Waals surface area contributed by atoms with Gasteiger partial charge in [0.1, 0.15) is 5.75 Å². The summed E-state index contributed by atoms with van der Waals surface area (Å²) in [5.41, 5.74) is -0.724. The molecule has 0 saturated heterocycles. The normalized spacial score (nSPS) is 11.4. The van der Waals surface area contributed by atoms with Gasteiger partial charge in [0.25, 0.3) is 0 Å². The Hall–Kier alpha value is -1.04. The number of carbonyl (C=O) groups excluding carboxylic acids is 1. The summed E-state index contributed by atoms with van der Waals surface area (Å²) in [6.07, 6.45) is -4.51. The summed E-state index contributed by atoms with van der Waals surface area (Å²) in [4.78, 5) is 11.2. The molecule has 94 valence electrons. The minimum Gasteiger partial charge on any atom is -0.493 e. The molecule has 0 bridgehead atoms. The Bertz CT molecular complexity index is 441. The summed E-state index contributed by atoms with van der Waals surface area (Å²) in [7, 11) is 0. The number of hydrogen-bond donors (Lipinski definition) is 0. The molecular weight excluding hydrogens is 301 g/mol. The van der Waals surface area contributed by atoms with Crippen LogP contribution in [0.15, 0.2) is 16.6 Å². The van der Waals surface area contributed by atoms with Crippen LogP contribution < -0.4 is 4.74 Å². The highest BCUT2D eigenvalue weighted by Gasteiger charge is 2.35. The lowest BCUT2D eigenvalue weighted by Gasteiger charge is -2.15. The van der Waals surface area contributed by atoms with Gasteiger partial charge in [-0.2, -0.15) is 13.2 Å². The maximum Gasteiger partial charge on any atom is 0.420 e. The van der Waals surface area contributed by atoms with Crippen LogP contribution >= 0.6 is 15.9 Å². The molecule has 0 amide bonds. The molecule has 0 fully saturated rings. The van der Waals surface area contributed by atoms with Gasteiger partial charge < -0.3 is 4.74 Å². The SMILES string of the molecule is CCOc1cc(C(C)=O)c(Br)cc1C(F)(F)F. The van der Waals surface area contributed by atoms with Crippen molar-refractivity contribution < 1.29 is 22.7 Å². The van der Waals surface area contributed by atoms with Crippen LogP contribution in [0.25, 0.3) is 0 Å². The van der Waals surface area contributed by atoms with E-state index in [1.54, 1.807) is 6.92 Å². The molecule has 17 heavy (non-hydrogen) atoms. The Morgan fingerprint density at radius 2 is 2.00 bits per heavy atom. The van der Waals surface area contributed by atoms with Gasteiger partial charge in [0.15, 0.2) is 5.78 Å². The van der Waals surface area contributed by atoms with Gasteiger partial charge in [-0.15, -0.1) is 0 Å². The smallest absolute Gasteiger partial charge is 0.420 e. The summed E-state index contributed by atoms with van der Waals surface area (Å²) in [6, 6.07) is 1.97. The molecule has 0 heterocycles. The predicted molar refractivity (Wildman–Crippen MR) is 60.3 cm³/mol. The number of hydrogen-bond acceptors (Lipinski definition) is 2. The molecule has 0 unspecified atom stereocenters. The van der Waals surface area contributed by atoms with Gasteiger partial charge in [-0.1, -0.05) is 15.9 Å². The van der Waals surface area contributed by atoms with Crippen molar-refractivity contribution in [2.24, 2.45) is 0 Å². The Labute approximate surface area is 105 Å². The standard InChI is InChI=1S/C11H10BrF3O2/c1-3-17-10-4-7(6(2)16)9(12)5-8(10)11(13,14)15/h4-5H,3H2,1-2H3. The first kappa shape index (κ1) is 14.0. The summed E-state index contributed by atoms with van der Waals surface area (Å²) >= 11 is 2.95. The highest BCUT2D eigenvalue weighted by molar-refractivity contribution is 9.10. The van der Waals surface area contributed by atoms with Crippen LogP contribution in [0.2, 0.25) is 0 Å². The van der Waals surface area contributed by atoms with E-state index in [2.05, 4.69) is 15.9 Å². The van der Waals surface area contributed by atoms with Crippen LogP contribution in [-0.4, -0.2) is 12.4 Å². The molecule has 0 atom stereocenters. The first-order chi connectivity index (χ1) is 7.77. The van der Waals surface area contributed by atoms with Crippen molar-refractivity contribution in [3.8, 4) is 5.75 Å². The highest BCUT2D eigenvalue weighted by atomic mass is 79.9. The van der Waals surface area contributed by atoms with Gasteiger partial charge in [-0.05, 0) is 26.0 Å².